The number of hydrogen-bond acceptors (Lipinski definition) is 2. The van der Waals surface area contributed by atoms with Crippen molar-refractivity contribution in [2.45, 2.75) is 103 Å². The molecule has 0 spiro atoms. The van der Waals surface area contributed by atoms with E-state index in [2.05, 4.69) is 13.5 Å². The van der Waals surface area contributed by atoms with Gasteiger partial charge in [-0.1, -0.05) is 77.2 Å². The van der Waals surface area contributed by atoms with Gasteiger partial charge in [0, 0.05) is 5.41 Å². The van der Waals surface area contributed by atoms with Crippen LogP contribution in [0.25, 0.3) is 0 Å². The maximum atomic E-state index is 12.2. The highest BCUT2D eigenvalue weighted by molar-refractivity contribution is 5.90. The van der Waals surface area contributed by atoms with Crippen molar-refractivity contribution in [1.29, 1.82) is 0 Å². The normalized spacial score (nSPS) is 24.8. The number of carbonyl (C=O) groups is 1. The van der Waals surface area contributed by atoms with Crippen LogP contribution in [0.1, 0.15) is 96.8 Å². The lowest BCUT2D eigenvalue weighted by Crippen LogP contribution is -2.30. The largest absolute Gasteiger partial charge is 0.385 e. The number of aliphatic hydroxyl groups excluding tert-OH is 1. The SMILES string of the molecule is C=CCC1(CCCCCCCCCCCC)CCC(O)C1=O. The van der Waals surface area contributed by atoms with Crippen LogP contribution in [0.2, 0.25) is 0 Å². The van der Waals surface area contributed by atoms with E-state index in [1.165, 1.54) is 57.8 Å². The number of rotatable bonds is 13. The third-order valence-electron chi connectivity index (χ3n) is 5.27. The average molecular weight is 309 g/mol. The maximum Gasteiger partial charge on any atom is 0.167 e. The molecule has 0 amide bonds. The minimum atomic E-state index is -0.719. The van der Waals surface area contributed by atoms with Gasteiger partial charge < -0.3 is 5.11 Å². The highest BCUT2D eigenvalue weighted by atomic mass is 16.3. The Hall–Kier alpha value is -0.630. The summed E-state index contributed by atoms with van der Waals surface area (Å²) >= 11 is 0. The molecule has 1 aliphatic carbocycles. The maximum absolute atomic E-state index is 12.2. The molecule has 0 bridgehead atoms. The molecule has 0 aromatic heterocycles. The minimum Gasteiger partial charge on any atom is -0.385 e. The molecular formula is C20H36O2. The molecule has 1 fully saturated rings. The summed E-state index contributed by atoms with van der Waals surface area (Å²) in [5, 5.41) is 9.74. The molecule has 2 nitrogen and oxygen atoms in total. The smallest absolute Gasteiger partial charge is 0.167 e. The molecule has 2 atom stereocenters. The summed E-state index contributed by atoms with van der Waals surface area (Å²) < 4.78 is 0. The van der Waals surface area contributed by atoms with Gasteiger partial charge in [-0.15, -0.1) is 6.58 Å². The number of aliphatic hydroxyl groups is 1. The molecule has 2 heteroatoms. The summed E-state index contributed by atoms with van der Waals surface area (Å²) in [5.41, 5.74) is -0.290. The van der Waals surface area contributed by atoms with Gasteiger partial charge in [0.05, 0.1) is 0 Å². The molecule has 0 radical (unpaired) electrons. The van der Waals surface area contributed by atoms with Gasteiger partial charge in [0.25, 0.3) is 0 Å². The fourth-order valence-corrected chi connectivity index (χ4v) is 3.80. The highest BCUT2D eigenvalue weighted by Crippen LogP contribution is 2.42. The Balaban J connectivity index is 2.09. The van der Waals surface area contributed by atoms with Crippen molar-refractivity contribution in [3.05, 3.63) is 12.7 Å². The number of Topliss-reactive ketones (excluding diaryl/α,β-unsaturated/α-hetero) is 1. The zero-order valence-corrected chi connectivity index (χ0v) is 14.6. The first-order chi connectivity index (χ1) is 10.7. The zero-order valence-electron chi connectivity index (χ0n) is 14.6. The number of allylic oxidation sites excluding steroid dienone is 1. The summed E-state index contributed by atoms with van der Waals surface area (Å²) in [6, 6.07) is 0. The fourth-order valence-electron chi connectivity index (χ4n) is 3.80. The zero-order chi connectivity index (χ0) is 16.3. The summed E-state index contributed by atoms with van der Waals surface area (Å²) in [5.74, 6) is 0.0725. The third kappa shape index (κ3) is 6.24. The lowest BCUT2D eigenvalue weighted by Gasteiger charge is -2.26. The van der Waals surface area contributed by atoms with E-state index >= 15 is 0 Å². The van der Waals surface area contributed by atoms with E-state index in [4.69, 9.17) is 0 Å². The predicted molar refractivity (Wildman–Crippen MR) is 94.0 cm³/mol. The Labute approximate surface area is 137 Å². The summed E-state index contributed by atoms with van der Waals surface area (Å²) in [4.78, 5) is 12.2. The van der Waals surface area contributed by atoms with Crippen molar-refractivity contribution in [3.8, 4) is 0 Å². The predicted octanol–water partition coefficient (Wildman–Crippen LogP) is 5.58. The van der Waals surface area contributed by atoms with Crippen LogP contribution in [-0.2, 0) is 4.79 Å². The van der Waals surface area contributed by atoms with E-state index in [-0.39, 0.29) is 11.2 Å². The molecule has 0 heterocycles. The number of unbranched alkanes of at least 4 members (excludes halogenated alkanes) is 9. The van der Waals surface area contributed by atoms with Crippen LogP contribution in [0.5, 0.6) is 0 Å². The van der Waals surface area contributed by atoms with Crippen LogP contribution in [0, 0.1) is 5.41 Å². The van der Waals surface area contributed by atoms with Crippen LogP contribution < -0.4 is 0 Å². The first-order valence-electron chi connectivity index (χ1n) is 9.49. The quantitative estimate of drug-likeness (QED) is 0.356. The summed E-state index contributed by atoms with van der Waals surface area (Å²) in [6.07, 6.45) is 17.5. The molecule has 1 N–H and O–H groups in total. The van der Waals surface area contributed by atoms with Gasteiger partial charge in [-0.25, -0.2) is 0 Å². The minimum absolute atomic E-state index is 0.0725. The Morgan fingerprint density at radius 1 is 1.09 bits per heavy atom. The molecule has 0 saturated heterocycles. The second kappa shape index (κ2) is 11.0. The molecular weight excluding hydrogens is 272 g/mol. The van der Waals surface area contributed by atoms with E-state index in [9.17, 15) is 9.90 Å². The van der Waals surface area contributed by atoms with Crippen LogP contribution in [0.15, 0.2) is 12.7 Å². The van der Waals surface area contributed by atoms with Gasteiger partial charge in [0.15, 0.2) is 5.78 Å². The molecule has 2 unspecified atom stereocenters. The van der Waals surface area contributed by atoms with E-state index in [1.807, 2.05) is 6.08 Å². The van der Waals surface area contributed by atoms with Crippen LogP contribution in [-0.4, -0.2) is 17.0 Å². The van der Waals surface area contributed by atoms with Crippen molar-refractivity contribution in [3.63, 3.8) is 0 Å². The molecule has 0 aromatic rings. The number of ketones is 1. The molecule has 1 rings (SSSR count). The topological polar surface area (TPSA) is 37.3 Å². The average Bonchev–Trinajstić information content (AvgIpc) is 2.79. The van der Waals surface area contributed by atoms with Gasteiger partial charge in [0.2, 0.25) is 0 Å². The second-order valence-corrected chi connectivity index (χ2v) is 7.12. The van der Waals surface area contributed by atoms with Crippen LogP contribution >= 0.6 is 0 Å². The van der Waals surface area contributed by atoms with Crippen LogP contribution in [0.4, 0.5) is 0 Å². The van der Waals surface area contributed by atoms with Gasteiger partial charge in [-0.05, 0) is 25.7 Å². The molecule has 0 aliphatic heterocycles. The fraction of sp³-hybridized carbons (Fsp3) is 0.850. The Kier molecular flexibility index (Phi) is 9.70. The van der Waals surface area contributed by atoms with Crippen LogP contribution in [0.3, 0.4) is 0 Å². The molecule has 128 valence electrons. The van der Waals surface area contributed by atoms with Crippen molar-refractivity contribution in [2.24, 2.45) is 5.41 Å². The molecule has 1 aliphatic rings. The highest BCUT2D eigenvalue weighted by Gasteiger charge is 2.45. The monoisotopic (exact) mass is 308 g/mol. The van der Waals surface area contributed by atoms with Crippen molar-refractivity contribution >= 4 is 5.78 Å². The summed E-state index contributed by atoms with van der Waals surface area (Å²) in [7, 11) is 0. The number of carbonyl (C=O) groups excluding carboxylic acids is 1. The van der Waals surface area contributed by atoms with Gasteiger partial charge in [-0.3, -0.25) is 4.79 Å². The van der Waals surface area contributed by atoms with Crippen molar-refractivity contribution in [1.82, 2.24) is 0 Å². The van der Waals surface area contributed by atoms with E-state index in [1.54, 1.807) is 0 Å². The molecule has 1 saturated carbocycles. The Morgan fingerprint density at radius 3 is 2.09 bits per heavy atom. The van der Waals surface area contributed by atoms with E-state index in [0.717, 1.165) is 25.7 Å². The lowest BCUT2D eigenvalue weighted by atomic mass is 9.77. The Bertz CT molecular complexity index is 324. The second-order valence-electron chi connectivity index (χ2n) is 7.12. The molecule has 22 heavy (non-hydrogen) atoms. The van der Waals surface area contributed by atoms with Gasteiger partial charge in [-0.2, -0.15) is 0 Å². The molecule has 0 aromatic carbocycles. The van der Waals surface area contributed by atoms with Gasteiger partial charge >= 0.3 is 0 Å². The van der Waals surface area contributed by atoms with E-state index < -0.39 is 6.10 Å². The van der Waals surface area contributed by atoms with Gasteiger partial charge in [0.1, 0.15) is 6.10 Å². The third-order valence-corrected chi connectivity index (χ3v) is 5.27. The van der Waals surface area contributed by atoms with Crippen molar-refractivity contribution < 1.29 is 9.90 Å². The lowest BCUT2D eigenvalue weighted by molar-refractivity contribution is -0.132. The van der Waals surface area contributed by atoms with E-state index in [0.29, 0.717) is 6.42 Å². The Morgan fingerprint density at radius 2 is 1.64 bits per heavy atom. The number of hydrogen-bond donors (Lipinski definition) is 1. The first kappa shape index (κ1) is 19.4. The standard InChI is InChI=1S/C20H36O2/c1-3-5-6-7-8-9-10-11-12-13-16-20(15-4-2)17-14-18(21)19(20)22/h4,18,21H,2-3,5-17H2,1H3. The summed E-state index contributed by atoms with van der Waals surface area (Å²) in [6.45, 7) is 6.05. The van der Waals surface area contributed by atoms with Crippen molar-refractivity contribution in [2.75, 3.05) is 0 Å². The first-order valence-corrected chi connectivity index (χ1v) is 9.49.